The molecule has 1 fully saturated rings. The number of aryl methyl sites for hydroxylation is 1. The second kappa shape index (κ2) is 11.6. The zero-order chi connectivity index (χ0) is 25.4. The fraction of sp³-hybridized carbons (Fsp3) is 0.385. The average molecular weight is 491 g/mol. The first-order valence-electron chi connectivity index (χ1n) is 12.2. The third-order valence-electron chi connectivity index (χ3n) is 6.18. The lowest BCUT2D eigenvalue weighted by Crippen LogP contribution is -2.45. The molecule has 1 saturated carbocycles. The van der Waals surface area contributed by atoms with Crippen LogP contribution in [0.3, 0.4) is 0 Å². The van der Waals surface area contributed by atoms with E-state index in [1.54, 1.807) is 48.8 Å². The molecule has 0 aliphatic heterocycles. The molecule has 2 aromatic heterocycles. The van der Waals surface area contributed by atoms with E-state index in [4.69, 9.17) is 4.52 Å². The lowest BCUT2D eigenvalue weighted by molar-refractivity contribution is -0.121. The molecule has 3 N–H and O–H groups in total. The molecule has 1 aliphatic carbocycles. The van der Waals surface area contributed by atoms with Crippen molar-refractivity contribution in [3.8, 4) is 0 Å². The Morgan fingerprint density at radius 3 is 2.36 bits per heavy atom. The minimum atomic E-state index is -0.618. The number of pyridine rings is 1. The molecule has 188 valence electrons. The van der Waals surface area contributed by atoms with Crippen molar-refractivity contribution < 1.29 is 18.9 Å². The van der Waals surface area contributed by atoms with E-state index < -0.39 is 5.54 Å². The molecule has 0 atom stereocenters. The van der Waals surface area contributed by atoms with Gasteiger partial charge >= 0.3 is 0 Å². The van der Waals surface area contributed by atoms with E-state index in [9.17, 15) is 14.4 Å². The van der Waals surface area contributed by atoms with E-state index in [1.807, 2.05) is 0 Å². The Morgan fingerprint density at radius 1 is 0.972 bits per heavy atom. The predicted molar refractivity (Wildman–Crippen MR) is 133 cm³/mol. The van der Waals surface area contributed by atoms with Crippen LogP contribution in [-0.2, 0) is 21.5 Å². The Morgan fingerprint density at radius 2 is 1.67 bits per heavy atom. The van der Waals surface area contributed by atoms with E-state index in [0.717, 1.165) is 38.5 Å². The standard InChI is InChI=1S/C26H30N6O4/c1-18(33)31-26(13-4-2-3-5-14-26)25-30-23(36-32-25)10-9-22(34)28-20-7-6-8-21(17-20)29-24(35)19-11-15-27-16-12-19/h6-8,11-12,15-17H,2-5,9-10,13-14H2,1H3,(H,28,34)(H,29,35)(H,31,33). The van der Waals surface area contributed by atoms with Gasteiger partial charge in [0.2, 0.25) is 17.7 Å². The van der Waals surface area contributed by atoms with Gasteiger partial charge in [-0.25, -0.2) is 0 Å². The highest BCUT2D eigenvalue weighted by Crippen LogP contribution is 2.34. The zero-order valence-corrected chi connectivity index (χ0v) is 20.3. The van der Waals surface area contributed by atoms with Gasteiger partial charge in [0.05, 0.1) is 0 Å². The fourth-order valence-corrected chi connectivity index (χ4v) is 4.45. The van der Waals surface area contributed by atoms with Crippen molar-refractivity contribution in [2.45, 2.75) is 63.8 Å². The summed E-state index contributed by atoms with van der Waals surface area (Å²) in [6.45, 7) is 1.50. The van der Waals surface area contributed by atoms with Gasteiger partial charge in [-0.1, -0.05) is 36.9 Å². The molecule has 3 amide bonds. The molecule has 0 radical (unpaired) electrons. The first-order chi connectivity index (χ1) is 17.4. The number of rotatable bonds is 8. The molecule has 1 aromatic carbocycles. The van der Waals surface area contributed by atoms with Crippen LogP contribution >= 0.6 is 0 Å². The van der Waals surface area contributed by atoms with Gasteiger partial charge in [-0.05, 0) is 43.2 Å². The number of aromatic nitrogens is 3. The fourth-order valence-electron chi connectivity index (χ4n) is 4.45. The molecule has 36 heavy (non-hydrogen) atoms. The number of amides is 3. The summed E-state index contributed by atoms with van der Waals surface area (Å²) < 4.78 is 5.43. The molecule has 0 saturated heterocycles. The summed E-state index contributed by atoms with van der Waals surface area (Å²) in [5, 5.41) is 12.8. The summed E-state index contributed by atoms with van der Waals surface area (Å²) in [6, 6.07) is 10.2. The van der Waals surface area contributed by atoms with Crippen molar-refractivity contribution in [2.75, 3.05) is 10.6 Å². The van der Waals surface area contributed by atoms with Gasteiger partial charge in [0.25, 0.3) is 5.91 Å². The molecule has 1 aliphatic rings. The van der Waals surface area contributed by atoms with Gasteiger partial charge in [0.1, 0.15) is 5.54 Å². The molecule has 0 bridgehead atoms. The summed E-state index contributed by atoms with van der Waals surface area (Å²) in [5.74, 6) is 0.221. The van der Waals surface area contributed by atoms with E-state index in [0.29, 0.717) is 28.7 Å². The number of hydrogen-bond acceptors (Lipinski definition) is 7. The first kappa shape index (κ1) is 25.0. The van der Waals surface area contributed by atoms with Crippen LogP contribution in [0, 0.1) is 0 Å². The minimum Gasteiger partial charge on any atom is -0.343 e. The number of hydrogen-bond donors (Lipinski definition) is 3. The summed E-state index contributed by atoms with van der Waals surface area (Å²) in [5.41, 5.74) is 0.986. The summed E-state index contributed by atoms with van der Waals surface area (Å²) in [6.07, 6.45) is 9.23. The molecular weight excluding hydrogens is 460 g/mol. The van der Waals surface area contributed by atoms with Crippen molar-refractivity contribution in [1.29, 1.82) is 0 Å². The van der Waals surface area contributed by atoms with Crippen molar-refractivity contribution >= 4 is 29.1 Å². The van der Waals surface area contributed by atoms with Gasteiger partial charge in [-0.15, -0.1) is 0 Å². The zero-order valence-electron chi connectivity index (χ0n) is 20.3. The molecule has 2 heterocycles. The average Bonchev–Trinajstić information content (AvgIpc) is 3.23. The molecular formula is C26H30N6O4. The topological polar surface area (TPSA) is 139 Å². The predicted octanol–water partition coefficient (Wildman–Crippen LogP) is 3.97. The molecule has 10 nitrogen and oxygen atoms in total. The second-order valence-electron chi connectivity index (χ2n) is 9.01. The maximum absolute atomic E-state index is 12.6. The van der Waals surface area contributed by atoms with E-state index in [1.165, 1.54) is 6.92 Å². The van der Waals surface area contributed by atoms with Crippen LogP contribution in [0.2, 0.25) is 0 Å². The lowest BCUT2D eigenvalue weighted by Gasteiger charge is -2.30. The summed E-state index contributed by atoms with van der Waals surface area (Å²) in [7, 11) is 0. The smallest absolute Gasteiger partial charge is 0.255 e. The maximum atomic E-state index is 12.6. The number of nitrogens with zero attached hydrogens (tertiary/aromatic N) is 3. The highest BCUT2D eigenvalue weighted by molar-refractivity contribution is 6.04. The largest absolute Gasteiger partial charge is 0.343 e. The monoisotopic (exact) mass is 490 g/mol. The summed E-state index contributed by atoms with van der Waals surface area (Å²) in [4.78, 5) is 45.2. The van der Waals surface area contributed by atoms with Crippen LogP contribution in [-0.4, -0.2) is 32.8 Å². The van der Waals surface area contributed by atoms with Crippen molar-refractivity contribution in [3.63, 3.8) is 0 Å². The molecule has 10 heteroatoms. The Balaban J connectivity index is 1.34. The van der Waals surface area contributed by atoms with E-state index in [2.05, 4.69) is 31.1 Å². The Bertz CT molecular complexity index is 1200. The molecule has 3 aromatic rings. The third-order valence-corrected chi connectivity index (χ3v) is 6.18. The van der Waals surface area contributed by atoms with Gasteiger partial charge in [-0.2, -0.15) is 4.98 Å². The van der Waals surface area contributed by atoms with E-state index in [-0.39, 0.29) is 30.6 Å². The third kappa shape index (κ3) is 6.53. The van der Waals surface area contributed by atoms with Crippen LogP contribution in [0.5, 0.6) is 0 Å². The highest BCUT2D eigenvalue weighted by Gasteiger charge is 2.38. The first-order valence-corrected chi connectivity index (χ1v) is 12.2. The minimum absolute atomic E-state index is 0.123. The molecule has 0 unspecified atom stereocenters. The normalized spacial score (nSPS) is 14.9. The number of anilines is 2. The Kier molecular flexibility index (Phi) is 8.04. The van der Waals surface area contributed by atoms with Gasteiger partial charge in [0.15, 0.2) is 5.82 Å². The number of carbonyl (C=O) groups excluding carboxylic acids is 3. The van der Waals surface area contributed by atoms with Crippen LogP contribution in [0.4, 0.5) is 11.4 Å². The van der Waals surface area contributed by atoms with Crippen LogP contribution in [0.15, 0.2) is 53.3 Å². The number of benzene rings is 1. The maximum Gasteiger partial charge on any atom is 0.255 e. The SMILES string of the molecule is CC(=O)NC1(c2noc(CCC(=O)Nc3cccc(NC(=O)c4ccncc4)c3)n2)CCCCCC1. The second-order valence-corrected chi connectivity index (χ2v) is 9.01. The quantitative estimate of drug-likeness (QED) is 0.406. The number of nitrogens with one attached hydrogen (secondary N) is 3. The highest BCUT2D eigenvalue weighted by atomic mass is 16.5. The van der Waals surface area contributed by atoms with Gasteiger partial charge in [0, 0.05) is 49.1 Å². The van der Waals surface area contributed by atoms with Crippen LogP contribution < -0.4 is 16.0 Å². The van der Waals surface area contributed by atoms with E-state index >= 15 is 0 Å². The van der Waals surface area contributed by atoms with Crippen LogP contribution in [0.25, 0.3) is 0 Å². The van der Waals surface area contributed by atoms with Crippen molar-refractivity contribution in [2.24, 2.45) is 0 Å². The van der Waals surface area contributed by atoms with Crippen molar-refractivity contribution in [1.82, 2.24) is 20.4 Å². The lowest BCUT2D eigenvalue weighted by atomic mass is 9.89. The Hall–Kier alpha value is -4.08. The number of carbonyl (C=O) groups is 3. The van der Waals surface area contributed by atoms with Crippen molar-refractivity contribution in [3.05, 3.63) is 66.1 Å². The molecule has 4 rings (SSSR count). The molecule has 0 spiro atoms. The van der Waals surface area contributed by atoms with Crippen LogP contribution in [0.1, 0.15) is 73.9 Å². The van der Waals surface area contributed by atoms with Gasteiger partial charge < -0.3 is 20.5 Å². The Labute approximate surface area is 209 Å². The summed E-state index contributed by atoms with van der Waals surface area (Å²) >= 11 is 0. The van der Waals surface area contributed by atoms with Gasteiger partial charge in [-0.3, -0.25) is 19.4 Å².